The molecule has 4 heterocycles. The first-order valence-corrected chi connectivity index (χ1v) is 18.5. The van der Waals surface area contributed by atoms with Crippen LogP contribution in [0.15, 0.2) is 84.0 Å². The molecular formula is C34H29Cl2F4N7O7S. The fourth-order valence-corrected chi connectivity index (χ4v) is 6.35. The number of hydrogen-bond acceptors (Lipinski definition) is 10. The van der Waals surface area contributed by atoms with Crippen LogP contribution < -0.4 is 14.2 Å². The molecule has 2 N–H and O–H groups in total. The Hall–Kier alpha value is -5.27. The van der Waals surface area contributed by atoms with Crippen molar-refractivity contribution >= 4 is 45.1 Å². The lowest BCUT2D eigenvalue weighted by Crippen LogP contribution is -2.31. The van der Waals surface area contributed by atoms with Gasteiger partial charge >= 0.3 is 5.97 Å². The van der Waals surface area contributed by atoms with Crippen LogP contribution in [-0.4, -0.2) is 81.0 Å². The van der Waals surface area contributed by atoms with Gasteiger partial charge in [0.1, 0.15) is 23.5 Å². The molecule has 0 spiro atoms. The number of aromatic carboxylic acids is 1. The summed E-state index contributed by atoms with van der Waals surface area (Å²) in [5.41, 5.74) is -2.41. The van der Waals surface area contributed by atoms with Gasteiger partial charge in [0.15, 0.2) is 11.6 Å². The average molecular weight is 827 g/mol. The summed E-state index contributed by atoms with van der Waals surface area (Å²) >= 11 is 11.9. The number of nitrogens with zero attached hydrogens (tertiary/aromatic N) is 6. The minimum Gasteiger partial charge on any atom is -0.478 e. The summed E-state index contributed by atoms with van der Waals surface area (Å²) < 4.78 is 91.5. The predicted molar refractivity (Wildman–Crippen MR) is 187 cm³/mol. The van der Waals surface area contributed by atoms with Gasteiger partial charge in [0.2, 0.25) is 24.6 Å². The third kappa shape index (κ3) is 9.17. The van der Waals surface area contributed by atoms with Gasteiger partial charge in [-0.1, -0.05) is 41.4 Å². The molecule has 14 nitrogen and oxygen atoms in total. The number of hydrogen-bond donors (Lipinski definition) is 2. The molecule has 0 radical (unpaired) electrons. The number of carboxylic acids is 1. The molecule has 55 heavy (non-hydrogen) atoms. The maximum absolute atomic E-state index is 13.0. The lowest BCUT2D eigenvalue weighted by molar-refractivity contribution is 0.0300. The van der Waals surface area contributed by atoms with Crippen LogP contribution in [0.2, 0.25) is 10.3 Å². The largest absolute Gasteiger partial charge is 0.478 e. The molecule has 2 aliphatic rings. The zero-order valence-electron chi connectivity index (χ0n) is 28.2. The van der Waals surface area contributed by atoms with Crippen molar-refractivity contribution in [2.45, 2.75) is 43.4 Å². The number of carbonyl (C=O) groups is 2. The van der Waals surface area contributed by atoms with E-state index in [2.05, 4.69) is 20.2 Å². The number of pyridine rings is 2. The van der Waals surface area contributed by atoms with Crippen LogP contribution in [0.5, 0.6) is 11.8 Å². The fraction of sp³-hybridized carbons (Fsp3) is 0.294. The Balaban J connectivity index is 0.000000197. The number of sulfonamides is 1. The average Bonchev–Trinajstić information content (AvgIpc) is 4.02. The van der Waals surface area contributed by atoms with Gasteiger partial charge in [-0.25, -0.2) is 54.8 Å². The van der Waals surface area contributed by atoms with Gasteiger partial charge in [-0.2, -0.15) is 0 Å². The second kappa shape index (κ2) is 15.8. The zero-order chi connectivity index (χ0) is 39.5. The molecule has 0 unspecified atom stereocenters. The van der Waals surface area contributed by atoms with Gasteiger partial charge in [-0.05, 0) is 62.1 Å². The zero-order valence-corrected chi connectivity index (χ0v) is 30.5. The van der Waals surface area contributed by atoms with Crippen LogP contribution in [0.1, 0.15) is 46.4 Å². The third-order valence-corrected chi connectivity index (χ3v) is 10.7. The topological polar surface area (TPSA) is 180 Å². The molecule has 290 valence electrons. The maximum Gasteiger partial charge on any atom is 0.338 e. The maximum atomic E-state index is 13.0. The number of benzene rings is 1. The van der Waals surface area contributed by atoms with E-state index in [9.17, 15) is 35.6 Å². The Kier molecular flexibility index (Phi) is 11.4. The highest BCUT2D eigenvalue weighted by atomic mass is 35.5. The number of aromatic nitrogens is 6. The van der Waals surface area contributed by atoms with E-state index in [0.29, 0.717) is 31.5 Å². The van der Waals surface area contributed by atoms with Gasteiger partial charge in [-0.15, -0.1) is 10.2 Å². The van der Waals surface area contributed by atoms with E-state index in [1.165, 1.54) is 82.4 Å². The second-order valence-corrected chi connectivity index (χ2v) is 15.1. The lowest BCUT2D eigenvalue weighted by atomic mass is 10.1. The number of ether oxygens (including phenoxy) is 2. The summed E-state index contributed by atoms with van der Waals surface area (Å²) in [6, 6.07) is 15.9. The Labute approximate surface area is 320 Å². The Morgan fingerprint density at radius 1 is 0.745 bits per heavy atom. The molecule has 0 saturated heterocycles. The van der Waals surface area contributed by atoms with Crippen LogP contribution in [0, 0.1) is 10.8 Å². The summed E-state index contributed by atoms with van der Waals surface area (Å²) in [7, 11) is -4.08. The van der Waals surface area contributed by atoms with Crippen molar-refractivity contribution in [3.05, 3.63) is 101 Å². The van der Waals surface area contributed by atoms with Crippen LogP contribution >= 0.6 is 23.2 Å². The minimum atomic E-state index is -4.08. The molecule has 0 atom stereocenters. The van der Waals surface area contributed by atoms with E-state index in [0.717, 1.165) is 0 Å². The van der Waals surface area contributed by atoms with Crippen LogP contribution in [0.4, 0.5) is 17.6 Å². The first-order chi connectivity index (χ1) is 26.1. The first-order valence-electron chi connectivity index (χ1n) is 16.2. The van der Waals surface area contributed by atoms with Crippen molar-refractivity contribution < 1.29 is 50.1 Å². The smallest absolute Gasteiger partial charge is 0.338 e. The number of carbonyl (C=O) groups excluding carboxylic acids is 1. The number of halogens is 6. The molecule has 1 aromatic carbocycles. The van der Waals surface area contributed by atoms with E-state index in [-0.39, 0.29) is 57.1 Å². The van der Waals surface area contributed by atoms with Crippen LogP contribution in [0.3, 0.4) is 0 Å². The molecule has 21 heteroatoms. The monoisotopic (exact) mass is 825 g/mol. The molecular weight excluding hydrogens is 797 g/mol. The van der Waals surface area contributed by atoms with Gasteiger partial charge in [0.25, 0.3) is 15.9 Å². The Morgan fingerprint density at radius 3 is 1.60 bits per heavy atom. The summed E-state index contributed by atoms with van der Waals surface area (Å²) in [5.74, 6) is -1.26. The van der Waals surface area contributed by atoms with Gasteiger partial charge in [0, 0.05) is 24.5 Å². The van der Waals surface area contributed by atoms with E-state index in [1.807, 2.05) is 4.72 Å². The Bertz CT molecular complexity index is 2310. The minimum absolute atomic E-state index is 0.0714. The standard InChI is InChI=1S/C20H17ClF2N4O4S.C14H12ClF2N3O3/c21-17-14(18(28)26-32(29,30)13-4-2-1-3-5-13)6-7-15(24-17)27-11-8-16(25-27)31-12-20(9-10-20)19(22)23;15-11-8(12(21)22)1-2-9(18-11)20-6-3-10(19-20)23-7-14(4-5-14)13(16)17/h1-8,11,19H,9-10,12H2,(H,26,28);1-3,6,13H,4-5,7H2,(H,21,22). The summed E-state index contributed by atoms with van der Waals surface area (Å²) in [6.07, 6.45) is -0.134. The van der Waals surface area contributed by atoms with Crippen molar-refractivity contribution in [1.29, 1.82) is 0 Å². The van der Waals surface area contributed by atoms with Crippen LogP contribution in [-0.2, 0) is 10.0 Å². The molecule has 7 rings (SSSR count). The fourth-order valence-electron chi connectivity index (χ4n) is 4.90. The molecule has 2 aliphatic carbocycles. The number of amides is 1. The summed E-state index contributed by atoms with van der Waals surface area (Å²) in [6.45, 7) is -0.224. The third-order valence-electron chi connectivity index (χ3n) is 8.75. The number of carboxylic acid groups (broad SMARTS) is 1. The molecule has 5 aromatic rings. The van der Waals surface area contributed by atoms with Crippen molar-refractivity contribution in [2.24, 2.45) is 10.8 Å². The predicted octanol–water partition coefficient (Wildman–Crippen LogP) is 6.51. The highest BCUT2D eigenvalue weighted by molar-refractivity contribution is 7.90. The SMILES string of the molecule is O=C(NS(=O)(=O)c1ccccc1)c1ccc(-n2ccc(OCC3(C(F)F)CC3)n2)nc1Cl.O=C(O)c1ccc(-n2ccc(OCC3(C(F)F)CC3)n2)nc1Cl. The van der Waals surface area contributed by atoms with Gasteiger partial charge < -0.3 is 14.6 Å². The molecule has 2 saturated carbocycles. The van der Waals surface area contributed by atoms with E-state index in [4.69, 9.17) is 37.8 Å². The Morgan fingerprint density at radius 2 is 1.20 bits per heavy atom. The van der Waals surface area contributed by atoms with Crippen molar-refractivity contribution in [3.8, 4) is 23.4 Å². The summed E-state index contributed by atoms with van der Waals surface area (Å²) in [5, 5.41) is 16.7. The molecule has 4 aromatic heterocycles. The van der Waals surface area contributed by atoms with Crippen molar-refractivity contribution in [1.82, 2.24) is 34.3 Å². The lowest BCUT2D eigenvalue weighted by Gasteiger charge is -2.13. The molecule has 0 aliphatic heterocycles. The normalized spacial score (nSPS) is 15.2. The van der Waals surface area contributed by atoms with E-state index in [1.54, 1.807) is 6.07 Å². The highest BCUT2D eigenvalue weighted by Gasteiger charge is 2.52. The number of alkyl halides is 4. The van der Waals surface area contributed by atoms with Crippen molar-refractivity contribution in [2.75, 3.05) is 13.2 Å². The number of rotatable bonds is 14. The van der Waals surface area contributed by atoms with Gasteiger partial charge in [0.05, 0.1) is 26.9 Å². The van der Waals surface area contributed by atoms with Crippen molar-refractivity contribution in [3.63, 3.8) is 0 Å². The molecule has 0 bridgehead atoms. The molecule has 2 fully saturated rings. The highest BCUT2D eigenvalue weighted by Crippen LogP contribution is 2.51. The quantitative estimate of drug-likeness (QED) is 0.0921. The van der Waals surface area contributed by atoms with Crippen LogP contribution in [0.25, 0.3) is 11.6 Å². The van der Waals surface area contributed by atoms with E-state index >= 15 is 0 Å². The second-order valence-electron chi connectivity index (χ2n) is 12.7. The van der Waals surface area contributed by atoms with E-state index < -0.39 is 45.6 Å². The first kappa shape index (κ1) is 39.4. The molecule has 1 amide bonds. The van der Waals surface area contributed by atoms with Gasteiger partial charge in [-0.3, -0.25) is 4.79 Å². The summed E-state index contributed by atoms with van der Waals surface area (Å²) in [4.78, 5) is 31.2. The number of nitrogens with one attached hydrogen (secondary N) is 1.